The molecule has 0 radical (unpaired) electrons. The standard InChI is InChI=1S/C18H18N4O3/c1-23-17-15(12-19-18(21-17)24-2)16-10-14(11-20-22-16)25-9-8-13-6-4-3-5-7-13/h3-7,10-12H,8-9H2,1-2H3. The molecule has 0 bridgehead atoms. The monoisotopic (exact) mass is 338 g/mol. The van der Waals surface area contributed by atoms with Gasteiger partial charge in [0, 0.05) is 18.7 Å². The van der Waals surface area contributed by atoms with Crippen LogP contribution < -0.4 is 14.2 Å². The average molecular weight is 338 g/mol. The number of methoxy groups -OCH3 is 2. The molecule has 7 nitrogen and oxygen atoms in total. The molecule has 0 spiro atoms. The quantitative estimate of drug-likeness (QED) is 0.655. The van der Waals surface area contributed by atoms with E-state index in [1.807, 2.05) is 18.2 Å². The number of rotatable bonds is 7. The molecule has 1 aromatic carbocycles. The minimum atomic E-state index is 0.226. The molecule has 3 aromatic rings. The maximum absolute atomic E-state index is 5.78. The molecule has 0 amide bonds. The van der Waals surface area contributed by atoms with Crippen molar-refractivity contribution in [2.24, 2.45) is 0 Å². The van der Waals surface area contributed by atoms with Crippen LogP contribution in [-0.2, 0) is 6.42 Å². The summed E-state index contributed by atoms with van der Waals surface area (Å²) >= 11 is 0. The van der Waals surface area contributed by atoms with Crippen molar-refractivity contribution in [2.75, 3.05) is 20.8 Å². The molecule has 0 aliphatic carbocycles. The van der Waals surface area contributed by atoms with Gasteiger partial charge in [-0.3, -0.25) is 0 Å². The molecular weight excluding hydrogens is 320 g/mol. The zero-order valence-corrected chi connectivity index (χ0v) is 14.0. The van der Waals surface area contributed by atoms with Crippen LogP contribution in [0.4, 0.5) is 0 Å². The van der Waals surface area contributed by atoms with Gasteiger partial charge in [-0.05, 0) is 5.56 Å². The minimum absolute atomic E-state index is 0.226. The van der Waals surface area contributed by atoms with Gasteiger partial charge < -0.3 is 14.2 Å². The fourth-order valence-corrected chi connectivity index (χ4v) is 2.27. The maximum atomic E-state index is 5.78. The Morgan fingerprint density at radius 2 is 1.84 bits per heavy atom. The van der Waals surface area contributed by atoms with Crippen molar-refractivity contribution >= 4 is 0 Å². The normalized spacial score (nSPS) is 10.3. The molecule has 0 aliphatic rings. The topological polar surface area (TPSA) is 79.2 Å². The van der Waals surface area contributed by atoms with Crippen LogP contribution in [0, 0.1) is 0 Å². The van der Waals surface area contributed by atoms with E-state index in [-0.39, 0.29) is 6.01 Å². The van der Waals surface area contributed by atoms with Gasteiger partial charge in [-0.15, -0.1) is 5.10 Å². The number of ether oxygens (including phenoxy) is 3. The molecule has 0 N–H and O–H groups in total. The molecule has 2 aromatic heterocycles. The third-order valence-electron chi connectivity index (χ3n) is 3.52. The first-order valence-corrected chi connectivity index (χ1v) is 7.75. The van der Waals surface area contributed by atoms with Gasteiger partial charge in [0.25, 0.3) is 0 Å². The van der Waals surface area contributed by atoms with E-state index < -0.39 is 0 Å². The van der Waals surface area contributed by atoms with Crippen LogP contribution in [0.3, 0.4) is 0 Å². The highest BCUT2D eigenvalue weighted by Crippen LogP contribution is 2.28. The molecule has 128 valence electrons. The average Bonchev–Trinajstić information content (AvgIpc) is 2.68. The van der Waals surface area contributed by atoms with Crippen LogP contribution in [0.1, 0.15) is 5.56 Å². The smallest absolute Gasteiger partial charge is 0.319 e. The van der Waals surface area contributed by atoms with E-state index in [2.05, 4.69) is 32.3 Å². The van der Waals surface area contributed by atoms with Gasteiger partial charge in [0.05, 0.1) is 32.6 Å². The first-order chi connectivity index (χ1) is 12.3. The van der Waals surface area contributed by atoms with Gasteiger partial charge in [0.2, 0.25) is 5.88 Å². The van der Waals surface area contributed by atoms with Crippen LogP contribution in [0.25, 0.3) is 11.3 Å². The molecule has 0 saturated carbocycles. The summed E-state index contributed by atoms with van der Waals surface area (Å²) in [7, 11) is 3.02. The van der Waals surface area contributed by atoms with Gasteiger partial charge in [-0.2, -0.15) is 10.1 Å². The zero-order valence-electron chi connectivity index (χ0n) is 14.0. The first kappa shape index (κ1) is 16.6. The fourth-order valence-electron chi connectivity index (χ4n) is 2.27. The van der Waals surface area contributed by atoms with Crippen molar-refractivity contribution in [3.8, 4) is 28.9 Å². The molecule has 0 aliphatic heterocycles. The van der Waals surface area contributed by atoms with Gasteiger partial charge in [-0.25, -0.2) is 4.98 Å². The van der Waals surface area contributed by atoms with E-state index in [4.69, 9.17) is 14.2 Å². The van der Waals surface area contributed by atoms with Crippen molar-refractivity contribution in [1.82, 2.24) is 20.2 Å². The van der Waals surface area contributed by atoms with E-state index in [0.717, 1.165) is 6.42 Å². The second-order valence-corrected chi connectivity index (χ2v) is 5.14. The summed E-state index contributed by atoms with van der Waals surface area (Å²) in [5, 5.41) is 8.10. The Kier molecular flexibility index (Phi) is 5.36. The Morgan fingerprint density at radius 1 is 1.00 bits per heavy atom. The van der Waals surface area contributed by atoms with Gasteiger partial charge in [0.15, 0.2) is 0 Å². The van der Waals surface area contributed by atoms with Gasteiger partial charge in [0.1, 0.15) is 11.4 Å². The highest BCUT2D eigenvalue weighted by atomic mass is 16.5. The van der Waals surface area contributed by atoms with Crippen molar-refractivity contribution in [3.63, 3.8) is 0 Å². The lowest BCUT2D eigenvalue weighted by atomic mass is 10.2. The summed E-state index contributed by atoms with van der Waals surface area (Å²) in [4.78, 5) is 8.25. The number of nitrogens with zero attached hydrogens (tertiary/aromatic N) is 4. The Balaban J connectivity index is 1.73. The highest BCUT2D eigenvalue weighted by molar-refractivity contribution is 5.64. The van der Waals surface area contributed by atoms with E-state index >= 15 is 0 Å². The molecular formula is C18H18N4O3. The Bertz CT molecular complexity index is 828. The third kappa shape index (κ3) is 4.20. The predicted octanol–water partition coefficient (Wildman–Crippen LogP) is 2.57. The molecule has 3 rings (SSSR count). The number of aromatic nitrogens is 4. The van der Waals surface area contributed by atoms with Crippen LogP contribution in [0.2, 0.25) is 0 Å². The number of benzene rings is 1. The van der Waals surface area contributed by atoms with Crippen LogP contribution in [0.5, 0.6) is 17.6 Å². The fraction of sp³-hybridized carbons (Fsp3) is 0.222. The molecule has 2 heterocycles. The summed E-state index contributed by atoms with van der Waals surface area (Å²) in [6.07, 6.45) is 3.97. The van der Waals surface area contributed by atoms with Crippen LogP contribution in [-0.4, -0.2) is 41.0 Å². The summed E-state index contributed by atoms with van der Waals surface area (Å²) in [5.41, 5.74) is 2.40. The number of hydrogen-bond donors (Lipinski definition) is 0. The SMILES string of the molecule is COc1ncc(-c2cc(OCCc3ccccc3)cnn2)c(OC)n1. The maximum Gasteiger partial charge on any atom is 0.319 e. The van der Waals surface area contributed by atoms with E-state index in [1.165, 1.54) is 19.8 Å². The largest absolute Gasteiger partial charge is 0.491 e. The van der Waals surface area contributed by atoms with Crippen LogP contribution in [0.15, 0.2) is 48.8 Å². The molecule has 0 atom stereocenters. The Morgan fingerprint density at radius 3 is 2.60 bits per heavy atom. The van der Waals surface area contributed by atoms with Crippen LogP contribution >= 0.6 is 0 Å². The second-order valence-electron chi connectivity index (χ2n) is 5.14. The first-order valence-electron chi connectivity index (χ1n) is 7.75. The summed E-state index contributed by atoms with van der Waals surface area (Å²) in [6, 6.07) is 12.2. The van der Waals surface area contributed by atoms with E-state index in [9.17, 15) is 0 Å². The highest BCUT2D eigenvalue weighted by Gasteiger charge is 2.13. The Labute approximate surface area is 145 Å². The Hall–Kier alpha value is -3.22. The minimum Gasteiger partial charge on any atom is -0.491 e. The molecule has 0 saturated heterocycles. The molecule has 7 heteroatoms. The summed E-state index contributed by atoms with van der Waals surface area (Å²) < 4.78 is 16.1. The summed E-state index contributed by atoms with van der Waals surface area (Å²) in [5.74, 6) is 0.987. The zero-order chi connectivity index (χ0) is 17.5. The molecule has 0 unspecified atom stereocenters. The van der Waals surface area contributed by atoms with Crippen molar-refractivity contribution in [2.45, 2.75) is 6.42 Å². The lowest BCUT2D eigenvalue weighted by Gasteiger charge is -2.09. The van der Waals surface area contributed by atoms with Gasteiger partial charge >= 0.3 is 6.01 Å². The third-order valence-corrected chi connectivity index (χ3v) is 3.52. The molecule has 0 fully saturated rings. The lowest BCUT2D eigenvalue weighted by molar-refractivity contribution is 0.320. The van der Waals surface area contributed by atoms with Gasteiger partial charge in [-0.1, -0.05) is 30.3 Å². The van der Waals surface area contributed by atoms with Crippen molar-refractivity contribution in [1.29, 1.82) is 0 Å². The predicted molar refractivity (Wildman–Crippen MR) is 91.8 cm³/mol. The van der Waals surface area contributed by atoms with Crippen molar-refractivity contribution in [3.05, 3.63) is 54.4 Å². The van der Waals surface area contributed by atoms with E-state index in [0.29, 0.717) is 29.5 Å². The second kappa shape index (κ2) is 8.05. The molecule has 25 heavy (non-hydrogen) atoms. The number of hydrogen-bond acceptors (Lipinski definition) is 7. The summed E-state index contributed by atoms with van der Waals surface area (Å²) in [6.45, 7) is 0.547. The lowest BCUT2D eigenvalue weighted by Crippen LogP contribution is -2.03. The van der Waals surface area contributed by atoms with E-state index in [1.54, 1.807) is 18.5 Å². The van der Waals surface area contributed by atoms with Crippen molar-refractivity contribution < 1.29 is 14.2 Å².